The Balaban J connectivity index is 0.00000420. The normalized spacial score (nSPS) is 11.6. The van der Waals surface area contributed by atoms with Crippen LogP contribution in [-0.2, 0) is 16.6 Å². The van der Waals surface area contributed by atoms with Crippen LogP contribution in [0.3, 0.4) is 0 Å². The summed E-state index contributed by atoms with van der Waals surface area (Å²) in [7, 11) is 0.248. The molecule has 0 saturated heterocycles. The Morgan fingerprint density at radius 3 is 2.31 bits per heavy atom. The maximum atomic E-state index is 13.7. The molecule has 0 bridgehead atoms. The molecule has 0 aliphatic carbocycles. The molecule has 3 aromatic carbocycles. The molecule has 11 heteroatoms. The Kier molecular flexibility index (Phi) is 10.9. The number of thiazole rings is 1. The summed E-state index contributed by atoms with van der Waals surface area (Å²) in [6.07, 6.45) is 0.757. The minimum Gasteiger partial charge on any atom is -0.309 e. The Labute approximate surface area is 245 Å². The van der Waals surface area contributed by atoms with Gasteiger partial charge in [-0.2, -0.15) is 4.31 Å². The molecule has 4 rings (SSSR count). The van der Waals surface area contributed by atoms with Crippen molar-refractivity contribution in [2.45, 2.75) is 24.8 Å². The van der Waals surface area contributed by atoms with Crippen molar-refractivity contribution in [2.75, 3.05) is 38.6 Å². The summed E-state index contributed by atoms with van der Waals surface area (Å²) in [4.78, 5) is 22.2. The molecular formula is C28H32Cl2N4O3S2. The number of amides is 1. The zero-order chi connectivity index (χ0) is 27.3. The number of carbonyl (C=O) groups excluding carboxylic acids is 1. The Hall–Kier alpha value is -2.53. The second-order valence-electron chi connectivity index (χ2n) is 9.16. The highest BCUT2D eigenvalue weighted by Crippen LogP contribution is 2.32. The molecule has 0 fully saturated rings. The van der Waals surface area contributed by atoms with Gasteiger partial charge in [0, 0.05) is 30.2 Å². The van der Waals surface area contributed by atoms with Crippen molar-refractivity contribution in [3.8, 4) is 0 Å². The molecule has 0 unspecified atom stereocenters. The fraction of sp³-hybridized carbons (Fsp3) is 0.286. The van der Waals surface area contributed by atoms with Crippen LogP contribution in [-0.4, -0.2) is 62.2 Å². The van der Waals surface area contributed by atoms with Gasteiger partial charge in [0.25, 0.3) is 5.91 Å². The van der Waals surface area contributed by atoms with E-state index in [1.54, 1.807) is 23.1 Å². The summed E-state index contributed by atoms with van der Waals surface area (Å²) >= 11 is 7.56. The topological polar surface area (TPSA) is 73.8 Å². The molecule has 208 valence electrons. The van der Waals surface area contributed by atoms with Gasteiger partial charge >= 0.3 is 0 Å². The van der Waals surface area contributed by atoms with E-state index in [4.69, 9.17) is 11.6 Å². The predicted octanol–water partition coefficient (Wildman–Crippen LogP) is 6.18. The number of hydrogen-bond acceptors (Lipinski definition) is 6. The van der Waals surface area contributed by atoms with E-state index in [1.165, 1.54) is 27.8 Å². The van der Waals surface area contributed by atoms with Crippen molar-refractivity contribution in [1.82, 2.24) is 14.2 Å². The van der Waals surface area contributed by atoms with Gasteiger partial charge in [-0.15, -0.1) is 12.4 Å². The average molecular weight is 608 g/mol. The van der Waals surface area contributed by atoms with E-state index in [2.05, 4.69) is 9.88 Å². The lowest BCUT2D eigenvalue weighted by Gasteiger charge is -2.22. The molecular weight excluding hydrogens is 575 g/mol. The van der Waals surface area contributed by atoms with Gasteiger partial charge in [0.05, 0.1) is 15.1 Å². The molecule has 4 aromatic rings. The molecule has 0 aliphatic heterocycles. The molecule has 7 nitrogen and oxygen atoms in total. The van der Waals surface area contributed by atoms with E-state index in [0.29, 0.717) is 28.8 Å². The zero-order valence-corrected chi connectivity index (χ0v) is 25.3. The number of fused-ring (bicyclic) bond motifs is 1. The molecule has 0 aliphatic rings. The summed E-state index contributed by atoms with van der Waals surface area (Å²) in [5.74, 6) is -0.227. The molecule has 0 saturated carbocycles. The minimum absolute atomic E-state index is 0. The summed E-state index contributed by atoms with van der Waals surface area (Å²) in [5.41, 5.74) is 2.09. The SMILES string of the molecule is CCN(Cc1ccccc1)S(=O)(=O)c1ccc(C(=O)N(CCCN(C)C)c2nc3ccc(Cl)cc3s2)cc1.Cl. The summed E-state index contributed by atoms with van der Waals surface area (Å²) in [6, 6.07) is 21.1. The summed E-state index contributed by atoms with van der Waals surface area (Å²) in [6.45, 7) is 3.72. The number of nitrogens with zero attached hydrogens (tertiary/aromatic N) is 4. The first kappa shape index (κ1) is 31.0. The van der Waals surface area contributed by atoms with Crippen molar-refractivity contribution in [1.29, 1.82) is 0 Å². The van der Waals surface area contributed by atoms with E-state index in [0.717, 1.165) is 28.7 Å². The number of halogens is 2. The van der Waals surface area contributed by atoms with E-state index >= 15 is 0 Å². The summed E-state index contributed by atoms with van der Waals surface area (Å²) < 4.78 is 29.0. The van der Waals surface area contributed by atoms with Gasteiger partial charge in [0.15, 0.2) is 5.13 Å². The van der Waals surface area contributed by atoms with Crippen molar-refractivity contribution in [3.05, 3.63) is 88.9 Å². The standard InChI is InChI=1S/C28H31ClN4O3S2.ClH/c1-4-32(20-21-9-6-5-7-10-21)38(35,36)24-14-11-22(12-15-24)27(34)33(18-8-17-31(2)3)28-30-25-16-13-23(29)19-26(25)37-28;/h5-7,9-16,19H,4,8,17-18,20H2,1-3H3;1H. The summed E-state index contributed by atoms with van der Waals surface area (Å²) in [5, 5.41) is 1.20. The van der Waals surface area contributed by atoms with Crippen LogP contribution in [0, 0.1) is 0 Å². The monoisotopic (exact) mass is 606 g/mol. The number of carbonyl (C=O) groups is 1. The van der Waals surface area contributed by atoms with E-state index in [-0.39, 0.29) is 29.8 Å². The fourth-order valence-electron chi connectivity index (χ4n) is 4.06. The van der Waals surface area contributed by atoms with Crippen LogP contribution < -0.4 is 4.90 Å². The number of benzene rings is 3. The quantitative estimate of drug-likeness (QED) is 0.204. The third-order valence-corrected chi connectivity index (χ3v) is 9.31. The number of sulfonamides is 1. The number of rotatable bonds is 11. The third-order valence-electron chi connectivity index (χ3n) is 6.10. The Morgan fingerprint density at radius 2 is 1.67 bits per heavy atom. The fourth-order valence-corrected chi connectivity index (χ4v) is 6.76. The van der Waals surface area contributed by atoms with Crippen LogP contribution in [0.25, 0.3) is 10.2 Å². The van der Waals surface area contributed by atoms with Crippen molar-refractivity contribution >= 4 is 66.6 Å². The number of hydrogen-bond donors (Lipinski definition) is 0. The van der Waals surface area contributed by atoms with E-state index in [1.807, 2.05) is 63.5 Å². The highest BCUT2D eigenvalue weighted by atomic mass is 35.5. The largest absolute Gasteiger partial charge is 0.309 e. The van der Waals surface area contributed by atoms with Gasteiger partial charge < -0.3 is 4.90 Å². The smallest absolute Gasteiger partial charge is 0.260 e. The first-order valence-corrected chi connectivity index (χ1v) is 15.0. The maximum Gasteiger partial charge on any atom is 0.260 e. The lowest BCUT2D eigenvalue weighted by Crippen LogP contribution is -2.33. The molecule has 39 heavy (non-hydrogen) atoms. The van der Waals surface area contributed by atoms with Crippen molar-refractivity contribution in [2.24, 2.45) is 0 Å². The molecule has 1 heterocycles. The molecule has 0 N–H and O–H groups in total. The molecule has 0 radical (unpaired) electrons. The van der Waals surface area contributed by atoms with Gasteiger partial charge in [-0.25, -0.2) is 13.4 Å². The highest BCUT2D eigenvalue weighted by Gasteiger charge is 2.25. The first-order valence-electron chi connectivity index (χ1n) is 12.4. The van der Waals surface area contributed by atoms with Gasteiger partial charge in [0.1, 0.15) is 0 Å². The first-order chi connectivity index (χ1) is 18.2. The Bertz CT molecular complexity index is 1490. The zero-order valence-electron chi connectivity index (χ0n) is 22.1. The second kappa shape index (κ2) is 13.7. The van der Waals surface area contributed by atoms with Crippen LogP contribution in [0.5, 0.6) is 0 Å². The predicted molar refractivity (Wildman–Crippen MR) is 163 cm³/mol. The minimum atomic E-state index is -3.73. The average Bonchev–Trinajstić information content (AvgIpc) is 3.32. The Morgan fingerprint density at radius 1 is 0.974 bits per heavy atom. The van der Waals surface area contributed by atoms with Gasteiger partial charge in [0.2, 0.25) is 10.0 Å². The lowest BCUT2D eigenvalue weighted by atomic mass is 10.2. The van der Waals surface area contributed by atoms with Crippen molar-refractivity contribution in [3.63, 3.8) is 0 Å². The third kappa shape index (κ3) is 7.57. The molecule has 0 atom stereocenters. The lowest BCUT2D eigenvalue weighted by molar-refractivity contribution is 0.0986. The van der Waals surface area contributed by atoms with Crippen LogP contribution >= 0.6 is 35.3 Å². The van der Waals surface area contributed by atoms with E-state index in [9.17, 15) is 13.2 Å². The van der Waals surface area contributed by atoms with E-state index < -0.39 is 10.0 Å². The molecule has 0 spiro atoms. The van der Waals surface area contributed by atoms with Gasteiger partial charge in [-0.3, -0.25) is 9.69 Å². The highest BCUT2D eigenvalue weighted by molar-refractivity contribution is 7.89. The second-order valence-corrected chi connectivity index (χ2v) is 12.5. The number of anilines is 1. The van der Waals surface area contributed by atoms with Crippen LogP contribution in [0.1, 0.15) is 29.3 Å². The molecule has 1 aromatic heterocycles. The molecule has 1 amide bonds. The van der Waals surface area contributed by atoms with Crippen LogP contribution in [0.2, 0.25) is 5.02 Å². The van der Waals surface area contributed by atoms with Gasteiger partial charge in [-0.1, -0.05) is 60.2 Å². The van der Waals surface area contributed by atoms with Gasteiger partial charge in [-0.05, 0) is 75.1 Å². The maximum absolute atomic E-state index is 13.7. The number of aromatic nitrogens is 1. The van der Waals surface area contributed by atoms with Crippen LogP contribution in [0.4, 0.5) is 5.13 Å². The van der Waals surface area contributed by atoms with Crippen molar-refractivity contribution < 1.29 is 13.2 Å². The van der Waals surface area contributed by atoms with Crippen LogP contribution in [0.15, 0.2) is 77.7 Å².